The Balaban J connectivity index is 1.17. The molecule has 1 fully saturated rings. The van der Waals surface area contributed by atoms with Crippen molar-refractivity contribution < 1.29 is 53.3 Å². The number of rotatable bonds is 14. The Kier molecular flexibility index (Phi) is 10.2. The van der Waals surface area contributed by atoms with Gasteiger partial charge in [-0.05, 0) is 47.9 Å². The van der Waals surface area contributed by atoms with Gasteiger partial charge in [-0.25, -0.2) is 9.59 Å². The van der Waals surface area contributed by atoms with E-state index in [1.165, 1.54) is 20.3 Å². The number of aryl methyl sites for hydroxylation is 1. The van der Waals surface area contributed by atoms with Crippen LogP contribution in [0.15, 0.2) is 84.9 Å². The van der Waals surface area contributed by atoms with E-state index in [4.69, 9.17) is 28.4 Å². The van der Waals surface area contributed by atoms with Crippen molar-refractivity contribution in [2.75, 3.05) is 20.8 Å². The lowest BCUT2D eigenvalue weighted by atomic mass is 10.1. The molecule has 3 unspecified atom stereocenters. The summed E-state index contributed by atoms with van der Waals surface area (Å²) in [6, 6.07) is 23.8. The lowest BCUT2D eigenvalue weighted by Gasteiger charge is -2.25. The highest BCUT2D eigenvalue weighted by molar-refractivity contribution is 5.91. The van der Waals surface area contributed by atoms with Crippen LogP contribution in [0.4, 0.5) is 0 Å². The van der Waals surface area contributed by atoms with Crippen molar-refractivity contribution in [2.45, 2.75) is 44.4 Å². The molecule has 1 saturated carbocycles. The lowest BCUT2D eigenvalue weighted by Crippen LogP contribution is -2.40. The highest BCUT2D eigenvalue weighted by atomic mass is 16.6. The number of carbonyl (C=O) groups excluding carboxylic acids is 2. The first-order chi connectivity index (χ1) is 22.6. The van der Waals surface area contributed by atoms with Crippen LogP contribution in [0.5, 0.6) is 28.7 Å². The average Bonchev–Trinajstić information content (AvgIpc) is 3.78. The van der Waals surface area contributed by atoms with Gasteiger partial charge < -0.3 is 43.7 Å². The number of esters is 2. The largest absolute Gasteiger partial charge is 0.504 e. The van der Waals surface area contributed by atoms with Crippen LogP contribution in [0.25, 0.3) is 0 Å². The number of hydrogen-bond acceptors (Lipinski definition) is 11. The van der Waals surface area contributed by atoms with Gasteiger partial charge in [-0.15, -0.1) is 0 Å². The zero-order valence-corrected chi connectivity index (χ0v) is 26.2. The summed E-state index contributed by atoms with van der Waals surface area (Å²) in [7, 11) is 2.84. The zero-order chi connectivity index (χ0) is 33.6. The fourth-order valence-corrected chi connectivity index (χ4v) is 5.28. The molecule has 0 spiro atoms. The second-order valence-electron chi connectivity index (χ2n) is 11.1. The molecule has 4 aromatic carbocycles. The van der Waals surface area contributed by atoms with Crippen LogP contribution in [0.3, 0.4) is 0 Å². The Hall–Kier alpha value is -5.26. The molecule has 0 saturated heterocycles. The van der Waals surface area contributed by atoms with Gasteiger partial charge in [0.2, 0.25) is 5.75 Å². The van der Waals surface area contributed by atoms with Crippen molar-refractivity contribution in [2.24, 2.45) is 0 Å². The van der Waals surface area contributed by atoms with E-state index in [9.17, 15) is 24.9 Å². The summed E-state index contributed by atoms with van der Waals surface area (Å²) in [4.78, 5) is 25.9. The Morgan fingerprint density at radius 3 is 1.79 bits per heavy atom. The quantitative estimate of drug-likeness (QED) is 0.150. The van der Waals surface area contributed by atoms with Crippen LogP contribution in [0.2, 0.25) is 0 Å². The van der Waals surface area contributed by atoms with Gasteiger partial charge >= 0.3 is 11.9 Å². The van der Waals surface area contributed by atoms with Gasteiger partial charge in [0.15, 0.2) is 23.0 Å². The van der Waals surface area contributed by atoms with E-state index >= 15 is 0 Å². The molecule has 0 aromatic heterocycles. The summed E-state index contributed by atoms with van der Waals surface area (Å²) in [6.07, 6.45) is -1.29. The number of ether oxygens (including phenoxy) is 6. The molecule has 0 heterocycles. The highest BCUT2D eigenvalue weighted by Gasteiger charge is 2.64. The van der Waals surface area contributed by atoms with Crippen molar-refractivity contribution in [3.05, 3.63) is 113 Å². The number of aromatic hydroxyl groups is 3. The molecule has 1 aliphatic rings. The van der Waals surface area contributed by atoms with Crippen molar-refractivity contribution in [3.63, 3.8) is 0 Å². The van der Waals surface area contributed by atoms with E-state index in [0.717, 1.165) is 23.3 Å². The van der Waals surface area contributed by atoms with E-state index < -0.39 is 41.2 Å². The van der Waals surface area contributed by atoms with E-state index in [0.29, 0.717) is 5.56 Å². The molecule has 3 atom stereocenters. The van der Waals surface area contributed by atoms with Crippen LogP contribution >= 0.6 is 0 Å². The molecule has 0 bridgehead atoms. The first-order valence-corrected chi connectivity index (χ1v) is 14.8. The summed E-state index contributed by atoms with van der Waals surface area (Å²) in [6.45, 7) is 1.78. The first kappa shape index (κ1) is 33.1. The Morgan fingerprint density at radius 2 is 1.28 bits per heavy atom. The minimum Gasteiger partial charge on any atom is -0.504 e. The third-order valence-corrected chi connectivity index (χ3v) is 7.94. The predicted molar refractivity (Wildman–Crippen MR) is 169 cm³/mol. The normalized spacial score (nSPS) is 17.4. The summed E-state index contributed by atoms with van der Waals surface area (Å²) < 4.78 is 33.7. The highest BCUT2D eigenvalue weighted by Crippen LogP contribution is 2.47. The Labute approximate surface area is 271 Å². The van der Waals surface area contributed by atoms with Crippen molar-refractivity contribution in [3.8, 4) is 28.7 Å². The van der Waals surface area contributed by atoms with Gasteiger partial charge in [-0.3, -0.25) is 0 Å². The molecule has 0 radical (unpaired) electrons. The van der Waals surface area contributed by atoms with E-state index in [-0.39, 0.29) is 54.6 Å². The second kappa shape index (κ2) is 14.4. The third kappa shape index (κ3) is 7.59. The molecular weight excluding hydrogens is 608 g/mol. The second-order valence-corrected chi connectivity index (χ2v) is 11.1. The number of phenolic OH excluding ortho intramolecular Hbond substituents is 3. The van der Waals surface area contributed by atoms with Crippen molar-refractivity contribution in [1.29, 1.82) is 0 Å². The van der Waals surface area contributed by atoms with E-state index in [2.05, 4.69) is 0 Å². The summed E-state index contributed by atoms with van der Waals surface area (Å²) >= 11 is 0. The van der Waals surface area contributed by atoms with Crippen LogP contribution in [-0.2, 0) is 32.2 Å². The average molecular weight is 645 g/mol. The number of methoxy groups -OCH3 is 2. The third-order valence-electron chi connectivity index (χ3n) is 7.94. The maximum Gasteiger partial charge on any atom is 0.338 e. The van der Waals surface area contributed by atoms with Crippen LogP contribution in [0.1, 0.15) is 43.8 Å². The molecule has 0 amide bonds. The fraction of sp³-hybridized carbons (Fsp3) is 0.278. The van der Waals surface area contributed by atoms with Crippen LogP contribution in [0, 0.1) is 6.92 Å². The molecular formula is C36H36O11. The van der Waals surface area contributed by atoms with Gasteiger partial charge in [0.05, 0.1) is 11.1 Å². The molecule has 5 rings (SSSR count). The smallest absolute Gasteiger partial charge is 0.338 e. The summed E-state index contributed by atoms with van der Waals surface area (Å²) in [5.74, 6) is -2.50. The predicted octanol–water partition coefficient (Wildman–Crippen LogP) is 5.46. The molecule has 4 aromatic rings. The molecule has 11 heteroatoms. The summed E-state index contributed by atoms with van der Waals surface area (Å²) in [5.41, 5.74) is 1.22. The minimum absolute atomic E-state index is 0.0986. The Morgan fingerprint density at radius 1 is 0.766 bits per heavy atom. The number of carbonyl (C=O) groups is 2. The molecule has 11 nitrogen and oxygen atoms in total. The van der Waals surface area contributed by atoms with Gasteiger partial charge in [-0.1, -0.05) is 60.7 Å². The molecule has 246 valence electrons. The first-order valence-electron chi connectivity index (χ1n) is 14.8. The van der Waals surface area contributed by atoms with E-state index in [1.54, 1.807) is 13.0 Å². The van der Waals surface area contributed by atoms with Crippen LogP contribution in [-0.4, -0.2) is 65.9 Å². The maximum atomic E-state index is 13.1. The van der Waals surface area contributed by atoms with Crippen LogP contribution < -0.4 is 9.47 Å². The SMILES string of the molecule is COC(COC(=O)c1cc(O)c(OCc2ccccc2)c(O)c1)C1(OC)CC1OC(=O)c1cc(C)c(OCc2ccccc2)c(O)c1. The Bertz CT molecular complexity index is 1660. The number of hydrogen-bond donors (Lipinski definition) is 3. The molecule has 0 aliphatic heterocycles. The monoisotopic (exact) mass is 644 g/mol. The molecule has 47 heavy (non-hydrogen) atoms. The van der Waals surface area contributed by atoms with Gasteiger partial charge in [0.25, 0.3) is 0 Å². The standard InChI is InChI=1S/C36H36O11/c1-22-14-25(15-27(37)32(22)44-19-23-10-6-4-7-11-23)35(41)47-30-18-36(30,43-3)31(42-2)21-46-34(40)26-16-28(38)33(29(39)17-26)45-20-24-12-8-5-9-13-24/h4-17,30-31,37-39H,18-21H2,1-3H3. The zero-order valence-electron chi connectivity index (χ0n) is 26.2. The lowest BCUT2D eigenvalue weighted by molar-refractivity contribution is -0.0985. The summed E-state index contributed by atoms with van der Waals surface area (Å²) in [5, 5.41) is 31.5. The van der Waals surface area contributed by atoms with Crippen molar-refractivity contribution >= 4 is 11.9 Å². The van der Waals surface area contributed by atoms with Crippen molar-refractivity contribution in [1.82, 2.24) is 0 Å². The molecule has 1 aliphatic carbocycles. The topological polar surface area (TPSA) is 150 Å². The van der Waals surface area contributed by atoms with E-state index in [1.807, 2.05) is 60.7 Å². The number of benzene rings is 4. The number of phenols is 3. The van der Waals surface area contributed by atoms with Gasteiger partial charge in [-0.2, -0.15) is 0 Å². The minimum atomic E-state index is -1.10. The van der Waals surface area contributed by atoms with Gasteiger partial charge in [0.1, 0.15) is 37.6 Å². The fourth-order valence-electron chi connectivity index (χ4n) is 5.28. The molecule has 3 N–H and O–H groups in total. The maximum absolute atomic E-state index is 13.1. The van der Waals surface area contributed by atoms with Gasteiger partial charge in [0, 0.05) is 20.6 Å².